The first-order valence-corrected chi connectivity index (χ1v) is 51.4. The van der Waals surface area contributed by atoms with E-state index in [2.05, 4.69) is 227 Å². The molecule has 4 N–H and O–H groups in total. The standard InChI is InChI=1S/C105H174O16P2/c1-4-7-10-13-16-19-22-25-28-31-34-37-40-42-44-46-48-49-51-53-54-56-59-61-64-67-70-73-76-79-82-85-88-91-103(108)115-94-100(106)95-117-122(111,112)118-96-101(107)97-119-123(113,114)120-99-102(121-105(110)93-90-87-84-81-78-75-72-69-66-63-58-39-36-33-30-27-24-21-18-15-12-9-6-3)98-116-104(109)92-89-86-83-80-77-74-71-68-65-62-60-57-55-52-50-47-45-43-41-38-35-32-29-26-23-20-17-14-11-8-5-2/h7-12,16-21,25-30,34-39,42-45,48-49,63,66,72,75,100-102,106-107H,4-6,13-15,22-24,31-33,40-41,46-47,50-62,64-65,67-71,73-74,76-99H2,1-3H3,(H,111,112)(H,113,114)/b10-7-,11-8-,12-9-,19-16-,20-17-,21-18-,28-25-,29-26-,30-27-,37-34-,38-35-,39-36-,44-42-,45-43-,49-48-,66-63-,75-72-. The van der Waals surface area contributed by atoms with Crippen molar-refractivity contribution in [1.29, 1.82) is 0 Å². The number of carbonyl (C=O) groups excluding carboxylic acids is 3. The second kappa shape index (κ2) is 95.2. The van der Waals surface area contributed by atoms with Crippen molar-refractivity contribution in [2.24, 2.45) is 0 Å². The second-order valence-electron chi connectivity index (χ2n) is 31.7. The Morgan fingerprint density at radius 3 is 0.642 bits per heavy atom. The number of phosphoric ester groups is 2. The van der Waals surface area contributed by atoms with Gasteiger partial charge in [-0.05, 0) is 167 Å². The van der Waals surface area contributed by atoms with E-state index in [0.29, 0.717) is 19.3 Å². The van der Waals surface area contributed by atoms with Gasteiger partial charge in [0, 0.05) is 19.3 Å². The Hall–Kier alpha value is -5.87. The van der Waals surface area contributed by atoms with E-state index in [1.807, 2.05) is 0 Å². The van der Waals surface area contributed by atoms with Gasteiger partial charge in [0.2, 0.25) is 0 Å². The summed E-state index contributed by atoms with van der Waals surface area (Å²) in [6.45, 7) is 2.34. The van der Waals surface area contributed by atoms with Gasteiger partial charge in [0.15, 0.2) is 6.10 Å². The van der Waals surface area contributed by atoms with Crippen LogP contribution in [0.5, 0.6) is 0 Å². The molecule has 0 aliphatic rings. The van der Waals surface area contributed by atoms with Crippen LogP contribution in [0.15, 0.2) is 207 Å². The molecule has 0 saturated carbocycles. The normalized spacial score (nSPS) is 14.6. The molecule has 123 heavy (non-hydrogen) atoms. The number of aliphatic hydroxyl groups is 2. The fourth-order valence-electron chi connectivity index (χ4n) is 12.8. The molecule has 16 nitrogen and oxygen atoms in total. The number of hydrogen-bond acceptors (Lipinski definition) is 14. The summed E-state index contributed by atoms with van der Waals surface area (Å²) in [4.78, 5) is 59.1. The average Bonchev–Trinajstić information content (AvgIpc) is 0.898. The van der Waals surface area contributed by atoms with Gasteiger partial charge in [-0.25, -0.2) is 9.13 Å². The third-order valence-corrected chi connectivity index (χ3v) is 21.9. The van der Waals surface area contributed by atoms with Crippen molar-refractivity contribution < 1.29 is 75.8 Å². The molecular formula is C105H174O16P2. The lowest BCUT2D eigenvalue weighted by molar-refractivity contribution is -0.161. The predicted octanol–water partition coefficient (Wildman–Crippen LogP) is 30.3. The monoisotopic (exact) mass is 1750 g/mol. The zero-order valence-electron chi connectivity index (χ0n) is 77.3. The second-order valence-corrected chi connectivity index (χ2v) is 34.6. The Bertz CT molecular complexity index is 3070. The molecule has 0 aromatic carbocycles. The quantitative estimate of drug-likeness (QED) is 0.0146. The highest BCUT2D eigenvalue weighted by Gasteiger charge is 2.30. The number of hydrogen-bond donors (Lipinski definition) is 4. The lowest BCUT2D eigenvalue weighted by Crippen LogP contribution is -2.30. The highest BCUT2D eigenvalue weighted by atomic mass is 31.2. The minimum atomic E-state index is -4.96. The average molecular weight is 1750 g/mol. The van der Waals surface area contributed by atoms with Crippen LogP contribution in [0.1, 0.15) is 380 Å². The lowest BCUT2D eigenvalue weighted by atomic mass is 10.0. The largest absolute Gasteiger partial charge is 0.472 e. The van der Waals surface area contributed by atoms with Crippen LogP contribution in [-0.4, -0.2) is 95.9 Å². The van der Waals surface area contributed by atoms with Crippen LogP contribution >= 0.6 is 15.6 Å². The molecule has 0 aromatic rings. The number of unbranched alkanes of at least 4 members (excludes halogenated alkanes) is 33. The smallest absolute Gasteiger partial charge is 0.463 e. The van der Waals surface area contributed by atoms with Crippen LogP contribution in [0.3, 0.4) is 0 Å². The number of phosphoric acid groups is 2. The molecule has 5 unspecified atom stereocenters. The fourth-order valence-corrected chi connectivity index (χ4v) is 14.4. The Balaban J connectivity index is 4.62. The van der Waals surface area contributed by atoms with Gasteiger partial charge in [-0.3, -0.25) is 32.5 Å². The van der Waals surface area contributed by atoms with Gasteiger partial charge in [-0.2, -0.15) is 0 Å². The number of carbonyl (C=O) groups is 3. The molecule has 0 radical (unpaired) electrons. The maximum absolute atomic E-state index is 13.1. The first-order chi connectivity index (χ1) is 60.2. The first-order valence-electron chi connectivity index (χ1n) is 48.4. The van der Waals surface area contributed by atoms with Crippen molar-refractivity contribution in [3.63, 3.8) is 0 Å². The molecule has 700 valence electrons. The number of ether oxygens (including phenoxy) is 3. The molecule has 0 fully saturated rings. The molecule has 5 atom stereocenters. The third-order valence-electron chi connectivity index (χ3n) is 20.0. The van der Waals surface area contributed by atoms with Crippen molar-refractivity contribution in [2.75, 3.05) is 39.6 Å². The van der Waals surface area contributed by atoms with Gasteiger partial charge in [0.25, 0.3) is 0 Å². The summed E-state index contributed by atoms with van der Waals surface area (Å²) in [6, 6.07) is 0. The van der Waals surface area contributed by atoms with E-state index >= 15 is 0 Å². The predicted molar refractivity (Wildman–Crippen MR) is 518 cm³/mol. The van der Waals surface area contributed by atoms with Crippen LogP contribution in [0.25, 0.3) is 0 Å². The summed E-state index contributed by atoms with van der Waals surface area (Å²) >= 11 is 0. The van der Waals surface area contributed by atoms with E-state index < -0.39 is 91.5 Å². The third kappa shape index (κ3) is 96.6. The highest BCUT2D eigenvalue weighted by molar-refractivity contribution is 7.47. The zero-order valence-corrected chi connectivity index (χ0v) is 79.1. The summed E-state index contributed by atoms with van der Waals surface area (Å²) in [5.41, 5.74) is 0. The van der Waals surface area contributed by atoms with Gasteiger partial charge in [-0.1, -0.05) is 401 Å². The molecular weight excluding hydrogens is 1580 g/mol. The van der Waals surface area contributed by atoms with Gasteiger partial charge in [0.05, 0.1) is 26.4 Å². The summed E-state index contributed by atoms with van der Waals surface area (Å²) in [6.07, 6.45) is 129. The molecule has 0 aliphatic heterocycles. The number of aliphatic hydroxyl groups excluding tert-OH is 2. The van der Waals surface area contributed by atoms with Crippen LogP contribution in [0.2, 0.25) is 0 Å². The number of esters is 3. The molecule has 0 saturated heterocycles. The number of allylic oxidation sites excluding steroid dienone is 34. The lowest BCUT2D eigenvalue weighted by Gasteiger charge is -2.21. The Morgan fingerprint density at radius 2 is 0.407 bits per heavy atom. The fraction of sp³-hybridized carbons (Fsp3) is 0.648. The molecule has 0 aromatic heterocycles. The van der Waals surface area contributed by atoms with E-state index in [9.17, 15) is 43.5 Å². The minimum Gasteiger partial charge on any atom is -0.463 e. The molecule has 0 aliphatic carbocycles. The van der Waals surface area contributed by atoms with Gasteiger partial charge in [0.1, 0.15) is 25.4 Å². The molecule has 0 bridgehead atoms. The maximum Gasteiger partial charge on any atom is 0.472 e. The van der Waals surface area contributed by atoms with Crippen molar-refractivity contribution in [1.82, 2.24) is 0 Å². The van der Waals surface area contributed by atoms with Crippen molar-refractivity contribution in [3.05, 3.63) is 207 Å². The molecule has 0 spiro atoms. The molecule has 0 heterocycles. The SMILES string of the molecule is CC/C=C\C/C=C\C/C=C\C/C=C\C/C=C\C/C=C\CCCCCCCCCCCCCCCCC(=O)OCC(O)COP(=O)(O)OCC(O)COP(=O)(O)OCC(COC(=O)CCCCCCCCCCCCCCCCC/C=C\C/C=C\C/C=C\C/C=C\C/C=C\CC)OC(=O)CCCCCC/C=C\C/C=C\C/C=C\C/C=C\C/C=C\C/C=C\CC. The molecule has 18 heteroatoms. The summed E-state index contributed by atoms with van der Waals surface area (Å²) in [5.74, 6) is -1.60. The van der Waals surface area contributed by atoms with E-state index in [4.69, 9.17) is 32.3 Å². The van der Waals surface area contributed by atoms with Crippen LogP contribution in [-0.2, 0) is 55.8 Å². The molecule has 0 rings (SSSR count). The van der Waals surface area contributed by atoms with E-state index in [1.165, 1.54) is 135 Å². The van der Waals surface area contributed by atoms with Gasteiger partial charge in [-0.15, -0.1) is 0 Å². The van der Waals surface area contributed by atoms with E-state index in [-0.39, 0.29) is 19.3 Å². The van der Waals surface area contributed by atoms with Crippen molar-refractivity contribution in [2.45, 2.75) is 399 Å². The van der Waals surface area contributed by atoms with Crippen LogP contribution < -0.4 is 0 Å². The highest BCUT2D eigenvalue weighted by Crippen LogP contribution is 2.45. The topological polar surface area (TPSA) is 231 Å². The summed E-state index contributed by atoms with van der Waals surface area (Å²) in [5, 5.41) is 20.8. The summed E-state index contributed by atoms with van der Waals surface area (Å²) in [7, 11) is -9.83. The molecule has 0 amide bonds. The Morgan fingerprint density at radius 1 is 0.228 bits per heavy atom. The van der Waals surface area contributed by atoms with Crippen LogP contribution in [0, 0.1) is 0 Å². The number of rotatable bonds is 90. The Labute approximate surface area is 750 Å². The van der Waals surface area contributed by atoms with Crippen molar-refractivity contribution >= 4 is 33.6 Å². The van der Waals surface area contributed by atoms with Crippen molar-refractivity contribution in [3.8, 4) is 0 Å². The summed E-state index contributed by atoms with van der Waals surface area (Å²) < 4.78 is 61.6. The van der Waals surface area contributed by atoms with E-state index in [1.54, 1.807) is 0 Å². The van der Waals surface area contributed by atoms with Gasteiger partial charge < -0.3 is 34.2 Å². The van der Waals surface area contributed by atoms with E-state index in [0.717, 1.165) is 186 Å². The minimum absolute atomic E-state index is 0.0690. The van der Waals surface area contributed by atoms with Gasteiger partial charge >= 0.3 is 33.6 Å². The Kier molecular flexibility index (Phi) is 90.7. The zero-order chi connectivity index (χ0) is 89.3. The first kappa shape index (κ1) is 117. The maximum atomic E-state index is 13.1. The van der Waals surface area contributed by atoms with Crippen LogP contribution in [0.4, 0.5) is 0 Å².